The van der Waals surface area contributed by atoms with Crippen LogP contribution in [0, 0.1) is 11.8 Å². The van der Waals surface area contributed by atoms with Gasteiger partial charge in [0.15, 0.2) is 0 Å². The Morgan fingerprint density at radius 2 is 2.07 bits per heavy atom. The zero-order chi connectivity index (χ0) is 9.12. The first-order valence-corrected chi connectivity index (χ1v) is 6.39. The fourth-order valence-corrected chi connectivity index (χ4v) is 4.62. The molecule has 2 aliphatic carbocycles. The molecule has 0 aromatic carbocycles. The van der Waals surface area contributed by atoms with Crippen molar-refractivity contribution >= 4 is 0 Å². The summed E-state index contributed by atoms with van der Waals surface area (Å²) in [5.74, 6) is 2.19. The lowest BCUT2D eigenvalue weighted by Crippen LogP contribution is -2.50. The Labute approximate surface area is 86.0 Å². The van der Waals surface area contributed by atoms with Crippen molar-refractivity contribution in [2.45, 2.75) is 50.2 Å². The molecular formula is C12H20N2. The van der Waals surface area contributed by atoms with E-state index in [9.17, 15) is 0 Å². The highest BCUT2D eigenvalue weighted by Crippen LogP contribution is 2.48. The quantitative estimate of drug-likeness (QED) is 0.672. The lowest BCUT2D eigenvalue weighted by atomic mass is 9.93. The SMILES string of the molecule is C1CC2CC1CC2N1CC2CC1CN2. The van der Waals surface area contributed by atoms with Crippen molar-refractivity contribution in [1.29, 1.82) is 0 Å². The van der Waals surface area contributed by atoms with Gasteiger partial charge >= 0.3 is 0 Å². The van der Waals surface area contributed by atoms with Crippen LogP contribution in [-0.4, -0.2) is 36.1 Å². The van der Waals surface area contributed by atoms with Gasteiger partial charge in [0.25, 0.3) is 0 Å². The number of likely N-dealkylation sites (tertiary alicyclic amines) is 1. The second-order valence-electron chi connectivity index (χ2n) is 5.93. The van der Waals surface area contributed by atoms with Crippen LogP contribution in [0.3, 0.4) is 0 Å². The highest BCUT2D eigenvalue weighted by atomic mass is 15.3. The van der Waals surface area contributed by atoms with E-state index in [-0.39, 0.29) is 0 Å². The third-order valence-corrected chi connectivity index (χ3v) is 5.23. The number of fused-ring (bicyclic) bond motifs is 4. The van der Waals surface area contributed by atoms with Crippen LogP contribution in [-0.2, 0) is 0 Å². The van der Waals surface area contributed by atoms with E-state index in [1.165, 1.54) is 32.4 Å². The van der Waals surface area contributed by atoms with Crippen molar-refractivity contribution in [2.75, 3.05) is 13.1 Å². The molecule has 14 heavy (non-hydrogen) atoms. The van der Waals surface area contributed by atoms with Crippen molar-refractivity contribution in [3.05, 3.63) is 0 Å². The van der Waals surface area contributed by atoms with E-state index in [1.807, 2.05) is 0 Å². The van der Waals surface area contributed by atoms with Gasteiger partial charge in [-0.15, -0.1) is 0 Å². The Balaban J connectivity index is 1.54. The van der Waals surface area contributed by atoms with Crippen LogP contribution < -0.4 is 5.32 Å². The molecule has 5 unspecified atom stereocenters. The summed E-state index contributed by atoms with van der Waals surface area (Å²) in [6.07, 6.45) is 7.62. The van der Waals surface area contributed by atoms with Crippen molar-refractivity contribution in [3.8, 4) is 0 Å². The Hall–Kier alpha value is -0.0800. The van der Waals surface area contributed by atoms with E-state index in [0.29, 0.717) is 0 Å². The first-order valence-electron chi connectivity index (χ1n) is 6.39. The van der Waals surface area contributed by atoms with E-state index in [4.69, 9.17) is 0 Å². The molecule has 2 aliphatic heterocycles. The molecule has 4 rings (SSSR count). The monoisotopic (exact) mass is 192 g/mol. The number of hydrogen-bond donors (Lipinski definition) is 1. The average Bonchev–Trinajstić information content (AvgIpc) is 2.96. The van der Waals surface area contributed by atoms with Crippen LogP contribution in [0.25, 0.3) is 0 Å². The summed E-state index contributed by atoms with van der Waals surface area (Å²) in [6, 6.07) is 2.74. The van der Waals surface area contributed by atoms with E-state index in [2.05, 4.69) is 10.2 Å². The molecule has 0 aromatic heterocycles. The molecule has 2 nitrogen and oxygen atoms in total. The summed E-state index contributed by atoms with van der Waals surface area (Å²) >= 11 is 0. The van der Waals surface area contributed by atoms with Crippen molar-refractivity contribution in [2.24, 2.45) is 11.8 Å². The minimum Gasteiger partial charge on any atom is -0.311 e. The lowest BCUT2D eigenvalue weighted by molar-refractivity contribution is 0.114. The van der Waals surface area contributed by atoms with Crippen LogP contribution in [0.2, 0.25) is 0 Å². The van der Waals surface area contributed by atoms with Crippen LogP contribution in [0.1, 0.15) is 32.1 Å². The van der Waals surface area contributed by atoms with Crippen LogP contribution in [0.5, 0.6) is 0 Å². The summed E-state index contributed by atoms with van der Waals surface area (Å²) in [6.45, 7) is 2.64. The van der Waals surface area contributed by atoms with Crippen molar-refractivity contribution in [3.63, 3.8) is 0 Å². The van der Waals surface area contributed by atoms with Gasteiger partial charge in [0.2, 0.25) is 0 Å². The topological polar surface area (TPSA) is 15.3 Å². The largest absolute Gasteiger partial charge is 0.311 e. The molecule has 0 radical (unpaired) electrons. The van der Waals surface area contributed by atoms with Crippen LogP contribution >= 0.6 is 0 Å². The molecule has 5 atom stereocenters. The van der Waals surface area contributed by atoms with Gasteiger partial charge in [0.05, 0.1) is 0 Å². The zero-order valence-corrected chi connectivity index (χ0v) is 8.78. The van der Waals surface area contributed by atoms with E-state index >= 15 is 0 Å². The van der Waals surface area contributed by atoms with E-state index in [0.717, 1.165) is 30.0 Å². The van der Waals surface area contributed by atoms with E-state index < -0.39 is 0 Å². The van der Waals surface area contributed by atoms with Crippen molar-refractivity contribution in [1.82, 2.24) is 10.2 Å². The van der Waals surface area contributed by atoms with Gasteiger partial charge in [0.1, 0.15) is 0 Å². The van der Waals surface area contributed by atoms with Gasteiger partial charge in [-0.05, 0) is 37.5 Å². The predicted octanol–water partition coefficient (Wildman–Crippen LogP) is 1.22. The minimum atomic E-state index is 0.846. The maximum absolute atomic E-state index is 3.61. The highest BCUT2D eigenvalue weighted by molar-refractivity contribution is 5.04. The van der Waals surface area contributed by atoms with Crippen LogP contribution in [0.4, 0.5) is 0 Å². The molecule has 78 valence electrons. The normalized spacial score (nSPS) is 56.1. The van der Waals surface area contributed by atoms with E-state index in [1.54, 1.807) is 12.8 Å². The molecule has 4 bridgehead atoms. The molecule has 4 fully saturated rings. The predicted molar refractivity (Wildman–Crippen MR) is 56.1 cm³/mol. The molecule has 2 heteroatoms. The summed E-state index contributed by atoms with van der Waals surface area (Å²) in [7, 11) is 0. The lowest BCUT2D eigenvalue weighted by Gasteiger charge is -2.37. The maximum Gasteiger partial charge on any atom is 0.0239 e. The molecule has 2 saturated carbocycles. The third-order valence-electron chi connectivity index (χ3n) is 5.23. The van der Waals surface area contributed by atoms with Crippen LogP contribution in [0.15, 0.2) is 0 Å². The summed E-state index contributed by atoms with van der Waals surface area (Å²) < 4.78 is 0. The Morgan fingerprint density at radius 1 is 1.07 bits per heavy atom. The van der Waals surface area contributed by atoms with Gasteiger partial charge in [-0.2, -0.15) is 0 Å². The number of nitrogens with zero attached hydrogens (tertiary/aromatic N) is 1. The summed E-state index contributed by atoms with van der Waals surface area (Å²) in [5.41, 5.74) is 0. The average molecular weight is 192 g/mol. The smallest absolute Gasteiger partial charge is 0.0239 e. The standard InChI is InChI=1S/C12H20N2/c1-2-9-3-8(1)4-12(9)14-7-10-5-11(14)6-13-10/h8-13H,1-7H2. The fourth-order valence-electron chi connectivity index (χ4n) is 4.62. The highest BCUT2D eigenvalue weighted by Gasteiger charge is 2.48. The number of rotatable bonds is 1. The summed E-state index contributed by atoms with van der Waals surface area (Å²) in [5, 5.41) is 3.61. The number of hydrogen-bond acceptors (Lipinski definition) is 2. The number of nitrogens with one attached hydrogen (secondary N) is 1. The molecule has 0 aromatic rings. The first kappa shape index (κ1) is 8.12. The maximum atomic E-state index is 3.61. The summed E-state index contributed by atoms with van der Waals surface area (Å²) in [4.78, 5) is 2.87. The second-order valence-corrected chi connectivity index (χ2v) is 5.93. The molecule has 0 amide bonds. The number of piperazine rings is 1. The Bertz CT molecular complexity index is 227. The molecule has 4 aliphatic rings. The third kappa shape index (κ3) is 0.989. The Kier molecular flexibility index (Phi) is 1.58. The Morgan fingerprint density at radius 3 is 2.64 bits per heavy atom. The first-order chi connectivity index (χ1) is 6.90. The second kappa shape index (κ2) is 2.73. The minimum absolute atomic E-state index is 0.846. The zero-order valence-electron chi connectivity index (χ0n) is 8.78. The fraction of sp³-hybridized carbons (Fsp3) is 1.00. The van der Waals surface area contributed by atoms with Gasteiger partial charge < -0.3 is 5.32 Å². The molecule has 2 heterocycles. The molecule has 1 N–H and O–H groups in total. The van der Waals surface area contributed by atoms with Crippen molar-refractivity contribution < 1.29 is 0 Å². The van der Waals surface area contributed by atoms with Gasteiger partial charge in [0, 0.05) is 31.2 Å². The molecule has 0 spiro atoms. The molecule has 2 saturated heterocycles. The molecular weight excluding hydrogens is 172 g/mol. The van der Waals surface area contributed by atoms with Gasteiger partial charge in [-0.1, -0.05) is 6.42 Å². The van der Waals surface area contributed by atoms with Gasteiger partial charge in [-0.25, -0.2) is 0 Å². The van der Waals surface area contributed by atoms with Gasteiger partial charge in [-0.3, -0.25) is 4.90 Å².